The Morgan fingerprint density at radius 1 is 1.21 bits per heavy atom. The maximum atomic E-state index is 13.2. The van der Waals surface area contributed by atoms with Crippen LogP contribution in [-0.4, -0.2) is 36.1 Å². The van der Waals surface area contributed by atoms with Crippen molar-refractivity contribution in [3.8, 4) is 0 Å². The van der Waals surface area contributed by atoms with Crippen molar-refractivity contribution in [2.75, 3.05) is 18.4 Å². The molecular formula is C20H23ClN3O4+. The molecule has 1 aliphatic heterocycles. The molecule has 0 saturated carbocycles. The maximum absolute atomic E-state index is 13.2. The second-order valence-electron chi connectivity index (χ2n) is 7.08. The predicted molar refractivity (Wildman–Crippen MR) is 107 cm³/mol. The number of nitro benzene ring substituents is 1. The largest absolute Gasteiger partial charge is 0.364 e. The van der Waals surface area contributed by atoms with Crippen molar-refractivity contribution in [1.82, 2.24) is 0 Å². The van der Waals surface area contributed by atoms with Gasteiger partial charge in [-0.1, -0.05) is 41.9 Å². The van der Waals surface area contributed by atoms with Crippen molar-refractivity contribution in [2.45, 2.75) is 32.1 Å². The van der Waals surface area contributed by atoms with Crippen molar-refractivity contribution in [1.29, 1.82) is 0 Å². The highest BCUT2D eigenvalue weighted by molar-refractivity contribution is 6.32. The molecule has 3 rings (SSSR count). The van der Waals surface area contributed by atoms with E-state index in [1.807, 2.05) is 44.2 Å². The van der Waals surface area contributed by atoms with E-state index in [2.05, 4.69) is 5.32 Å². The van der Waals surface area contributed by atoms with Crippen LogP contribution in [0.4, 0.5) is 11.4 Å². The molecule has 2 aromatic carbocycles. The molecule has 7 nitrogen and oxygen atoms in total. The summed E-state index contributed by atoms with van der Waals surface area (Å²) in [6.07, 6.45) is 0.0729. The SMILES string of the molecule is C[C@@H]1C[NH+]([C@H](C(=O)Nc2ccc(Cl)c([N+](=O)[O-])c2)c2ccccc2)C[C@H](C)O1. The average Bonchev–Trinajstić information content (AvgIpc) is 2.63. The van der Waals surface area contributed by atoms with Gasteiger partial charge in [-0.3, -0.25) is 14.9 Å². The van der Waals surface area contributed by atoms with Gasteiger partial charge in [0.05, 0.1) is 4.92 Å². The van der Waals surface area contributed by atoms with E-state index in [0.717, 1.165) is 10.5 Å². The van der Waals surface area contributed by atoms with Crippen LogP contribution < -0.4 is 10.2 Å². The van der Waals surface area contributed by atoms with E-state index in [9.17, 15) is 14.9 Å². The quantitative estimate of drug-likeness (QED) is 0.592. The number of carbonyl (C=O) groups excluding carboxylic acids is 1. The third kappa shape index (κ3) is 4.67. The van der Waals surface area contributed by atoms with Crippen LogP contribution in [0.3, 0.4) is 0 Å². The summed E-state index contributed by atoms with van der Waals surface area (Å²) in [7, 11) is 0. The van der Waals surface area contributed by atoms with E-state index in [0.29, 0.717) is 18.8 Å². The van der Waals surface area contributed by atoms with Gasteiger partial charge in [-0.05, 0) is 26.0 Å². The maximum Gasteiger partial charge on any atom is 0.289 e. The van der Waals surface area contributed by atoms with Crippen molar-refractivity contribution in [2.24, 2.45) is 0 Å². The molecule has 2 N–H and O–H groups in total. The van der Waals surface area contributed by atoms with E-state index in [1.54, 1.807) is 6.07 Å². The Morgan fingerprint density at radius 3 is 2.46 bits per heavy atom. The fourth-order valence-corrected chi connectivity index (χ4v) is 3.90. The predicted octanol–water partition coefficient (Wildman–Crippen LogP) is 2.62. The van der Waals surface area contributed by atoms with Gasteiger partial charge >= 0.3 is 0 Å². The number of halogens is 1. The third-order valence-corrected chi connectivity index (χ3v) is 5.10. The molecule has 1 saturated heterocycles. The number of hydrogen-bond donors (Lipinski definition) is 2. The number of rotatable bonds is 5. The molecular weight excluding hydrogens is 382 g/mol. The average molecular weight is 405 g/mol. The molecule has 148 valence electrons. The Balaban J connectivity index is 1.89. The third-order valence-electron chi connectivity index (χ3n) is 4.78. The molecule has 0 aromatic heterocycles. The molecule has 2 aromatic rings. The molecule has 0 spiro atoms. The van der Waals surface area contributed by atoms with Crippen LogP contribution in [0.1, 0.15) is 25.5 Å². The summed E-state index contributed by atoms with van der Waals surface area (Å²) in [6.45, 7) is 5.38. The van der Waals surface area contributed by atoms with Gasteiger partial charge in [0.2, 0.25) is 0 Å². The first-order chi connectivity index (χ1) is 13.3. The molecule has 0 bridgehead atoms. The number of anilines is 1. The number of quaternary nitrogens is 1. The first-order valence-electron chi connectivity index (χ1n) is 9.15. The zero-order chi connectivity index (χ0) is 20.3. The summed E-state index contributed by atoms with van der Waals surface area (Å²) >= 11 is 5.87. The normalized spacial score (nSPS) is 23.0. The Labute approximate surface area is 168 Å². The standard InChI is InChI=1S/C20H22ClN3O4/c1-13-11-23(12-14(2)28-13)19(15-6-4-3-5-7-15)20(25)22-16-8-9-17(21)18(10-16)24(26)27/h3-10,13-14,19H,11-12H2,1-2H3,(H,22,25)/p+1/t13-,14+,19-/m0/s1. The highest BCUT2D eigenvalue weighted by Gasteiger charge is 2.37. The van der Waals surface area contributed by atoms with Crippen LogP contribution in [-0.2, 0) is 9.53 Å². The fraction of sp³-hybridized carbons (Fsp3) is 0.350. The minimum Gasteiger partial charge on any atom is -0.364 e. The Bertz CT molecular complexity index is 852. The van der Waals surface area contributed by atoms with Crippen LogP contribution in [0.15, 0.2) is 48.5 Å². The first kappa shape index (κ1) is 20.3. The highest BCUT2D eigenvalue weighted by Crippen LogP contribution is 2.28. The van der Waals surface area contributed by atoms with Gasteiger partial charge in [0.15, 0.2) is 6.04 Å². The highest BCUT2D eigenvalue weighted by atomic mass is 35.5. The monoisotopic (exact) mass is 404 g/mol. The zero-order valence-electron chi connectivity index (χ0n) is 15.7. The van der Waals surface area contributed by atoms with E-state index in [4.69, 9.17) is 16.3 Å². The molecule has 1 heterocycles. The van der Waals surface area contributed by atoms with E-state index < -0.39 is 11.0 Å². The van der Waals surface area contributed by atoms with Gasteiger partial charge in [-0.2, -0.15) is 0 Å². The molecule has 8 heteroatoms. The number of nitrogens with one attached hydrogen (secondary N) is 2. The van der Waals surface area contributed by atoms with Crippen LogP contribution >= 0.6 is 11.6 Å². The number of benzene rings is 2. The van der Waals surface area contributed by atoms with Gasteiger partial charge < -0.3 is 15.0 Å². The molecule has 1 unspecified atom stereocenters. The number of nitrogens with zero attached hydrogens (tertiary/aromatic N) is 1. The fourth-order valence-electron chi connectivity index (χ4n) is 3.71. The van der Waals surface area contributed by atoms with E-state index in [-0.39, 0.29) is 28.8 Å². The Hall–Kier alpha value is -2.48. The molecule has 0 radical (unpaired) electrons. The first-order valence-corrected chi connectivity index (χ1v) is 9.52. The molecule has 0 aliphatic carbocycles. The summed E-state index contributed by atoms with van der Waals surface area (Å²) in [6, 6.07) is 13.4. The lowest BCUT2D eigenvalue weighted by atomic mass is 10.0. The molecule has 1 amide bonds. The van der Waals surface area contributed by atoms with E-state index in [1.165, 1.54) is 12.1 Å². The summed E-state index contributed by atoms with van der Waals surface area (Å²) in [5, 5.41) is 14.0. The lowest BCUT2D eigenvalue weighted by Crippen LogP contribution is -3.16. The van der Waals surface area contributed by atoms with Gasteiger partial charge in [-0.25, -0.2) is 0 Å². The second-order valence-corrected chi connectivity index (χ2v) is 7.49. The number of ether oxygens (including phenoxy) is 1. The molecule has 1 aliphatic rings. The Morgan fingerprint density at radius 2 is 1.86 bits per heavy atom. The van der Waals surface area contributed by atoms with Crippen LogP contribution in [0.5, 0.6) is 0 Å². The Kier molecular flexibility index (Phi) is 6.28. The van der Waals surface area contributed by atoms with Crippen molar-refractivity contribution >= 4 is 28.9 Å². The topological polar surface area (TPSA) is 85.9 Å². The smallest absolute Gasteiger partial charge is 0.289 e. The zero-order valence-corrected chi connectivity index (χ0v) is 16.5. The summed E-state index contributed by atoms with van der Waals surface area (Å²) < 4.78 is 5.81. The number of nitro groups is 1. The lowest BCUT2D eigenvalue weighted by Gasteiger charge is -2.36. The van der Waals surface area contributed by atoms with Crippen LogP contribution in [0, 0.1) is 10.1 Å². The second kappa shape index (κ2) is 8.68. The number of amides is 1. The van der Waals surface area contributed by atoms with Crippen molar-refractivity contribution < 1.29 is 19.4 Å². The van der Waals surface area contributed by atoms with Crippen LogP contribution in [0.2, 0.25) is 5.02 Å². The minimum atomic E-state index is -0.566. The van der Waals surface area contributed by atoms with Crippen molar-refractivity contribution in [3.05, 3.63) is 69.2 Å². The number of carbonyl (C=O) groups is 1. The molecule has 4 atom stereocenters. The van der Waals surface area contributed by atoms with Gasteiger partial charge in [-0.15, -0.1) is 0 Å². The van der Waals surface area contributed by atoms with Crippen molar-refractivity contribution in [3.63, 3.8) is 0 Å². The molecule has 28 heavy (non-hydrogen) atoms. The van der Waals surface area contributed by atoms with Gasteiger partial charge in [0.25, 0.3) is 11.6 Å². The van der Waals surface area contributed by atoms with Gasteiger partial charge in [0, 0.05) is 17.3 Å². The minimum absolute atomic E-state index is 0.0315. The summed E-state index contributed by atoms with van der Waals surface area (Å²) in [5.74, 6) is -0.223. The number of hydrogen-bond acceptors (Lipinski definition) is 4. The summed E-state index contributed by atoms with van der Waals surface area (Å²) in [4.78, 5) is 24.9. The van der Waals surface area contributed by atoms with Gasteiger partial charge in [0.1, 0.15) is 30.3 Å². The number of morpholine rings is 1. The summed E-state index contributed by atoms with van der Waals surface area (Å²) in [5.41, 5.74) is 0.993. The van der Waals surface area contributed by atoms with E-state index >= 15 is 0 Å². The lowest BCUT2D eigenvalue weighted by molar-refractivity contribution is -0.936. The van der Waals surface area contributed by atoms with Crippen LogP contribution in [0.25, 0.3) is 0 Å². The molecule has 1 fully saturated rings.